The fourth-order valence-electron chi connectivity index (χ4n) is 5.61. The first kappa shape index (κ1) is 32.4. The number of thiocarbonyl (C=S) groups is 1. The number of amides is 1. The minimum Gasteiger partial charge on any atom is -0.496 e. The lowest BCUT2D eigenvalue weighted by molar-refractivity contribution is -0.143. The van der Waals surface area contributed by atoms with E-state index in [1.807, 2.05) is 12.1 Å². The number of benzene rings is 2. The van der Waals surface area contributed by atoms with Crippen molar-refractivity contribution in [2.75, 3.05) is 26.0 Å². The summed E-state index contributed by atoms with van der Waals surface area (Å²) in [5.41, 5.74) is -0.0704. The second kappa shape index (κ2) is 11.9. The van der Waals surface area contributed by atoms with E-state index in [9.17, 15) is 31.1 Å². The van der Waals surface area contributed by atoms with E-state index >= 15 is 0 Å². The highest BCUT2D eigenvalue weighted by molar-refractivity contribution is 7.80. The third-order valence-electron chi connectivity index (χ3n) is 7.87. The molecule has 2 N–H and O–H groups in total. The van der Waals surface area contributed by atoms with Gasteiger partial charge < -0.3 is 20.1 Å². The number of rotatable bonds is 6. The lowest BCUT2D eigenvalue weighted by Gasteiger charge is -2.36. The average molecular weight is 630 g/mol. The Balaban J connectivity index is 1.74. The summed E-state index contributed by atoms with van der Waals surface area (Å²) in [5.74, 6) is 0.603. The predicted molar refractivity (Wildman–Crippen MR) is 155 cm³/mol. The Labute approximate surface area is 251 Å². The van der Waals surface area contributed by atoms with Gasteiger partial charge in [-0.05, 0) is 96.9 Å². The molecular weight excluding hydrogens is 596 g/mol. The lowest BCUT2D eigenvalue weighted by atomic mass is 9.72. The van der Waals surface area contributed by atoms with Crippen LogP contribution < -0.4 is 15.4 Å². The van der Waals surface area contributed by atoms with E-state index in [1.54, 1.807) is 27.1 Å². The second-order valence-corrected chi connectivity index (χ2v) is 12.0. The average Bonchev–Trinajstić information content (AvgIpc) is 3.20. The number of ether oxygens (including phenoxy) is 2. The normalized spacial score (nSPS) is 20.6. The lowest BCUT2D eigenvalue weighted by Crippen LogP contribution is -2.35. The van der Waals surface area contributed by atoms with Crippen LogP contribution in [0.1, 0.15) is 68.4 Å². The summed E-state index contributed by atoms with van der Waals surface area (Å²) in [4.78, 5) is 14.5. The Kier molecular flexibility index (Phi) is 8.97. The van der Waals surface area contributed by atoms with Gasteiger partial charge in [-0.1, -0.05) is 13.8 Å². The van der Waals surface area contributed by atoms with Gasteiger partial charge >= 0.3 is 18.4 Å². The molecule has 0 radical (unpaired) electrons. The molecule has 2 aromatic carbocycles. The highest BCUT2D eigenvalue weighted by Gasteiger charge is 2.44. The molecular formula is C30H33F6N3O3S. The standard InChI is InChI=1S/C30H33F6N3O3S/c1-16-25(17-10-19(29(31,32)33)12-20(11-17)30(34,35)36)42-27(40)39(16)15-18-14-28(2,3)9-8-22(18)23-13-21(38-26(43)37-4)6-7-24(23)41-5/h6-7,10-13,16,25H,8-9,14-15H2,1-5H3,(H2,37,38,43). The van der Waals surface area contributed by atoms with Gasteiger partial charge in [0, 0.05) is 24.8 Å². The van der Waals surface area contributed by atoms with E-state index in [0.29, 0.717) is 41.5 Å². The molecule has 13 heteroatoms. The molecule has 1 heterocycles. The molecule has 0 aromatic heterocycles. The molecule has 2 aliphatic rings. The highest BCUT2D eigenvalue weighted by Crippen LogP contribution is 2.47. The van der Waals surface area contributed by atoms with E-state index in [1.165, 1.54) is 4.90 Å². The van der Waals surface area contributed by atoms with Crippen molar-refractivity contribution in [3.8, 4) is 5.75 Å². The maximum Gasteiger partial charge on any atom is 0.416 e. The number of hydrogen-bond donors (Lipinski definition) is 2. The van der Waals surface area contributed by atoms with Crippen molar-refractivity contribution in [3.05, 3.63) is 64.2 Å². The van der Waals surface area contributed by atoms with Gasteiger partial charge in [0.25, 0.3) is 0 Å². The molecule has 1 aliphatic heterocycles. The first-order valence-corrected chi connectivity index (χ1v) is 14.0. The molecule has 0 spiro atoms. The Morgan fingerprint density at radius 3 is 2.28 bits per heavy atom. The number of hydrogen-bond acceptors (Lipinski definition) is 4. The molecule has 1 saturated heterocycles. The fourth-order valence-corrected chi connectivity index (χ4v) is 5.73. The van der Waals surface area contributed by atoms with Crippen LogP contribution in [0.15, 0.2) is 42.0 Å². The summed E-state index contributed by atoms with van der Waals surface area (Å²) in [6, 6.07) is 5.94. The molecule has 1 amide bonds. The number of alkyl halides is 6. The Bertz CT molecular complexity index is 1400. The summed E-state index contributed by atoms with van der Waals surface area (Å²) < 4.78 is 92.2. The smallest absolute Gasteiger partial charge is 0.416 e. The largest absolute Gasteiger partial charge is 0.496 e. The number of cyclic esters (lactones) is 1. The molecule has 234 valence electrons. The number of halogens is 6. The summed E-state index contributed by atoms with van der Waals surface area (Å²) in [5, 5.41) is 6.36. The third kappa shape index (κ3) is 7.19. The van der Waals surface area contributed by atoms with E-state index < -0.39 is 41.7 Å². The molecule has 0 bridgehead atoms. The molecule has 43 heavy (non-hydrogen) atoms. The molecule has 4 rings (SSSR count). The zero-order chi connectivity index (χ0) is 31.9. The van der Waals surface area contributed by atoms with Gasteiger partial charge in [-0.3, -0.25) is 4.90 Å². The number of carbonyl (C=O) groups is 1. The van der Waals surface area contributed by atoms with Gasteiger partial charge in [0.15, 0.2) is 5.11 Å². The first-order valence-electron chi connectivity index (χ1n) is 13.6. The molecule has 0 saturated carbocycles. The zero-order valence-electron chi connectivity index (χ0n) is 24.3. The van der Waals surface area contributed by atoms with Crippen LogP contribution >= 0.6 is 12.2 Å². The van der Waals surface area contributed by atoms with Crippen LogP contribution in [0.25, 0.3) is 5.57 Å². The van der Waals surface area contributed by atoms with Crippen molar-refractivity contribution < 1.29 is 40.6 Å². The summed E-state index contributed by atoms with van der Waals surface area (Å²) in [7, 11) is 3.24. The van der Waals surface area contributed by atoms with E-state index in [2.05, 4.69) is 24.5 Å². The molecule has 2 unspecified atom stereocenters. The van der Waals surface area contributed by atoms with Crippen LogP contribution in [0.2, 0.25) is 0 Å². The summed E-state index contributed by atoms with van der Waals surface area (Å²) >= 11 is 5.23. The maximum absolute atomic E-state index is 13.5. The number of methoxy groups -OCH3 is 1. The van der Waals surface area contributed by atoms with Crippen molar-refractivity contribution in [3.63, 3.8) is 0 Å². The number of carbonyl (C=O) groups excluding carboxylic acids is 1. The topological polar surface area (TPSA) is 62.8 Å². The number of allylic oxidation sites excluding steroid dienone is 1. The predicted octanol–water partition coefficient (Wildman–Crippen LogP) is 8.19. The van der Waals surface area contributed by atoms with Crippen molar-refractivity contribution >= 4 is 34.7 Å². The molecule has 1 aliphatic carbocycles. The Morgan fingerprint density at radius 1 is 1.09 bits per heavy atom. The Morgan fingerprint density at radius 2 is 1.72 bits per heavy atom. The molecule has 6 nitrogen and oxygen atoms in total. The molecule has 1 fully saturated rings. The molecule has 2 atom stereocenters. The second-order valence-electron chi connectivity index (χ2n) is 11.6. The third-order valence-corrected chi connectivity index (χ3v) is 8.18. The maximum atomic E-state index is 13.5. The van der Waals surface area contributed by atoms with Crippen molar-refractivity contribution in [2.45, 2.75) is 64.5 Å². The summed E-state index contributed by atoms with van der Waals surface area (Å²) in [6.07, 6.45) is -10.1. The zero-order valence-corrected chi connectivity index (χ0v) is 25.1. The van der Waals surface area contributed by atoms with Gasteiger partial charge in [-0.25, -0.2) is 4.79 Å². The van der Waals surface area contributed by atoms with Crippen LogP contribution in [-0.4, -0.2) is 42.8 Å². The SMILES string of the molecule is CNC(=S)Nc1ccc(OC)c(C2=C(CN3C(=O)OC(c4cc(C(F)(F)F)cc(C(F)(F)F)c4)C3C)CC(C)(C)CC2)c1. The quantitative estimate of drug-likeness (QED) is 0.248. The van der Waals surface area contributed by atoms with Gasteiger partial charge in [0.2, 0.25) is 0 Å². The van der Waals surface area contributed by atoms with Crippen LogP contribution in [-0.2, 0) is 17.1 Å². The van der Waals surface area contributed by atoms with Gasteiger partial charge in [0.05, 0.1) is 24.3 Å². The van der Waals surface area contributed by atoms with Crippen LogP contribution in [0.3, 0.4) is 0 Å². The van der Waals surface area contributed by atoms with Crippen LogP contribution in [0, 0.1) is 5.41 Å². The fraction of sp³-hybridized carbons (Fsp3) is 0.467. The van der Waals surface area contributed by atoms with Gasteiger partial charge in [0.1, 0.15) is 11.9 Å². The Hall–Kier alpha value is -3.48. The van der Waals surface area contributed by atoms with Crippen molar-refractivity contribution in [1.82, 2.24) is 10.2 Å². The number of nitrogens with zero attached hydrogens (tertiary/aromatic N) is 1. The molecule has 2 aromatic rings. The van der Waals surface area contributed by atoms with E-state index in [-0.39, 0.29) is 23.6 Å². The highest BCUT2D eigenvalue weighted by atomic mass is 32.1. The van der Waals surface area contributed by atoms with Crippen molar-refractivity contribution in [2.24, 2.45) is 5.41 Å². The van der Waals surface area contributed by atoms with Gasteiger partial charge in [-0.15, -0.1) is 0 Å². The van der Waals surface area contributed by atoms with Crippen LogP contribution in [0.5, 0.6) is 5.75 Å². The number of nitrogens with one attached hydrogen (secondary N) is 2. The van der Waals surface area contributed by atoms with Crippen LogP contribution in [0.4, 0.5) is 36.8 Å². The minimum atomic E-state index is -5.02. The number of anilines is 1. The minimum absolute atomic E-state index is 0.0591. The first-order chi connectivity index (χ1) is 19.9. The van der Waals surface area contributed by atoms with Crippen molar-refractivity contribution in [1.29, 1.82) is 0 Å². The monoisotopic (exact) mass is 629 g/mol. The summed E-state index contributed by atoms with van der Waals surface area (Å²) in [6.45, 7) is 5.83. The van der Waals surface area contributed by atoms with E-state index in [4.69, 9.17) is 21.7 Å². The van der Waals surface area contributed by atoms with E-state index in [0.717, 1.165) is 23.1 Å². The van der Waals surface area contributed by atoms with Gasteiger partial charge in [-0.2, -0.15) is 26.3 Å².